The van der Waals surface area contributed by atoms with Crippen LogP contribution in [-0.4, -0.2) is 12.1 Å². The fraction of sp³-hybridized carbons (Fsp3) is 0. The van der Waals surface area contributed by atoms with E-state index < -0.39 is 12.1 Å². The van der Waals surface area contributed by atoms with Gasteiger partial charge in [0.25, 0.3) is 0 Å². The fourth-order valence-electron chi connectivity index (χ4n) is 2.32. The number of carbonyl (C=O) groups excluding carboxylic acids is 2. The van der Waals surface area contributed by atoms with E-state index in [-0.39, 0.29) is 5.56 Å². The highest BCUT2D eigenvalue weighted by molar-refractivity contribution is 6.04. The number of hydrogen-bond donors (Lipinski definition) is 1. The van der Waals surface area contributed by atoms with E-state index in [0.29, 0.717) is 17.1 Å². The molecule has 0 unspecified atom stereocenters. The van der Waals surface area contributed by atoms with Crippen molar-refractivity contribution in [1.29, 1.82) is 0 Å². The van der Waals surface area contributed by atoms with Gasteiger partial charge in [-0.1, -0.05) is 36.4 Å². The van der Waals surface area contributed by atoms with Gasteiger partial charge < -0.3 is 10.5 Å². The zero-order valence-electron chi connectivity index (χ0n) is 13.3. The molecule has 3 aromatic rings. The molecule has 25 heavy (non-hydrogen) atoms. The maximum Gasteiger partial charge on any atom is 0.426 e. The van der Waals surface area contributed by atoms with Crippen LogP contribution in [0.2, 0.25) is 0 Å². The van der Waals surface area contributed by atoms with E-state index >= 15 is 0 Å². The Balaban J connectivity index is 1.87. The summed E-state index contributed by atoms with van der Waals surface area (Å²) in [5.74, 6) is -0.734. The van der Waals surface area contributed by atoms with Crippen LogP contribution in [0.25, 0.3) is 0 Å². The summed E-state index contributed by atoms with van der Waals surface area (Å²) in [5.41, 5.74) is 7.58. The molecular formula is C20H16N2O3. The van der Waals surface area contributed by atoms with Crippen LogP contribution in [0.1, 0.15) is 10.4 Å². The Morgan fingerprint density at radius 2 is 1.20 bits per heavy atom. The number of benzene rings is 3. The highest BCUT2D eigenvalue weighted by Gasteiger charge is 2.22. The first-order valence-electron chi connectivity index (χ1n) is 7.67. The molecule has 124 valence electrons. The van der Waals surface area contributed by atoms with Gasteiger partial charge in [0.05, 0.1) is 16.9 Å². The molecule has 5 heteroatoms. The SMILES string of the molecule is Nc1ccc(C(=O)OC(=O)N(c2ccccc2)c2ccccc2)cc1. The Morgan fingerprint density at radius 3 is 1.68 bits per heavy atom. The quantitative estimate of drug-likeness (QED) is 0.439. The van der Waals surface area contributed by atoms with Crippen molar-refractivity contribution in [3.63, 3.8) is 0 Å². The summed E-state index contributed by atoms with van der Waals surface area (Å²) in [6.45, 7) is 0. The third kappa shape index (κ3) is 3.84. The van der Waals surface area contributed by atoms with E-state index in [4.69, 9.17) is 10.5 Å². The average Bonchev–Trinajstić information content (AvgIpc) is 2.64. The number of nitrogens with two attached hydrogens (primary N) is 1. The van der Waals surface area contributed by atoms with Crippen molar-refractivity contribution < 1.29 is 14.3 Å². The van der Waals surface area contributed by atoms with Gasteiger partial charge >= 0.3 is 12.1 Å². The molecular weight excluding hydrogens is 316 g/mol. The van der Waals surface area contributed by atoms with Crippen molar-refractivity contribution in [3.8, 4) is 0 Å². The second kappa shape index (κ2) is 7.31. The molecule has 0 fully saturated rings. The summed E-state index contributed by atoms with van der Waals surface area (Å²) >= 11 is 0. The smallest absolute Gasteiger partial charge is 0.399 e. The first-order chi connectivity index (χ1) is 12.1. The minimum Gasteiger partial charge on any atom is -0.399 e. The van der Waals surface area contributed by atoms with Crippen LogP contribution in [0.4, 0.5) is 21.9 Å². The van der Waals surface area contributed by atoms with E-state index in [0.717, 1.165) is 0 Å². The standard InChI is InChI=1S/C20H16N2O3/c21-16-13-11-15(12-14-16)19(23)25-20(24)22(17-7-3-1-4-8-17)18-9-5-2-6-10-18/h1-14H,21H2. The molecule has 0 aromatic heterocycles. The molecule has 2 N–H and O–H groups in total. The molecule has 0 saturated heterocycles. The predicted molar refractivity (Wildman–Crippen MR) is 96.7 cm³/mol. The Kier molecular flexibility index (Phi) is 4.76. The highest BCUT2D eigenvalue weighted by atomic mass is 16.6. The van der Waals surface area contributed by atoms with Gasteiger partial charge in [-0.25, -0.2) is 14.5 Å². The summed E-state index contributed by atoms with van der Waals surface area (Å²) in [7, 11) is 0. The number of hydrogen-bond acceptors (Lipinski definition) is 4. The fourth-order valence-corrected chi connectivity index (χ4v) is 2.32. The molecule has 0 heterocycles. The predicted octanol–water partition coefficient (Wildman–Crippen LogP) is 4.38. The number of nitrogen functional groups attached to an aromatic ring is 1. The second-order valence-electron chi connectivity index (χ2n) is 5.28. The van der Waals surface area contributed by atoms with Crippen LogP contribution >= 0.6 is 0 Å². The lowest BCUT2D eigenvalue weighted by Gasteiger charge is -2.21. The molecule has 0 spiro atoms. The number of anilines is 3. The Morgan fingerprint density at radius 1 is 0.720 bits per heavy atom. The van der Waals surface area contributed by atoms with Crippen LogP contribution in [0.15, 0.2) is 84.9 Å². The molecule has 0 bridgehead atoms. The molecule has 0 atom stereocenters. The second-order valence-corrected chi connectivity index (χ2v) is 5.28. The molecule has 1 amide bonds. The zero-order chi connectivity index (χ0) is 17.6. The van der Waals surface area contributed by atoms with Gasteiger partial charge in [0.1, 0.15) is 0 Å². The van der Waals surface area contributed by atoms with Gasteiger partial charge in [0, 0.05) is 5.69 Å². The zero-order valence-corrected chi connectivity index (χ0v) is 13.3. The highest BCUT2D eigenvalue weighted by Crippen LogP contribution is 2.26. The number of nitrogens with zero attached hydrogens (tertiary/aromatic N) is 1. The van der Waals surface area contributed by atoms with Gasteiger partial charge in [0.15, 0.2) is 0 Å². The van der Waals surface area contributed by atoms with Gasteiger partial charge in [-0.15, -0.1) is 0 Å². The van der Waals surface area contributed by atoms with Crippen LogP contribution in [-0.2, 0) is 4.74 Å². The first kappa shape index (κ1) is 16.3. The molecule has 0 aliphatic rings. The van der Waals surface area contributed by atoms with Crippen LogP contribution < -0.4 is 10.6 Å². The average molecular weight is 332 g/mol. The van der Waals surface area contributed by atoms with Crippen molar-refractivity contribution in [1.82, 2.24) is 0 Å². The van der Waals surface area contributed by atoms with Gasteiger partial charge in [0.2, 0.25) is 0 Å². The number of ether oxygens (including phenoxy) is 1. The number of amides is 1. The molecule has 0 aliphatic heterocycles. The number of rotatable bonds is 3. The lowest BCUT2D eigenvalue weighted by atomic mass is 10.2. The number of esters is 1. The van der Waals surface area contributed by atoms with Gasteiger partial charge in [-0.2, -0.15) is 0 Å². The Hall–Kier alpha value is -3.60. The van der Waals surface area contributed by atoms with Crippen LogP contribution in [0.5, 0.6) is 0 Å². The van der Waals surface area contributed by atoms with E-state index in [9.17, 15) is 9.59 Å². The Labute approximate surface area is 145 Å². The van der Waals surface area contributed by atoms with Crippen LogP contribution in [0, 0.1) is 0 Å². The molecule has 0 saturated carbocycles. The molecule has 3 rings (SSSR count). The van der Waals surface area contributed by atoms with Crippen molar-refractivity contribution in [2.24, 2.45) is 0 Å². The molecule has 0 aliphatic carbocycles. The van der Waals surface area contributed by atoms with Gasteiger partial charge in [-0.05, 0) is 48.5 Å². The minimum atomic E-state index is -0.778. The maximum atomic E-state index is 12.7. The Bertz CT molecular complexity index is 823. The summed E-state index contributed by atoms with van der Waals surface area (Å²) in [4.78, 5) is 26.2. The third-order valence-electron chi connectivity index (χ3n) is 3.54. The van der Waals surface area contributed by atoms with E-state index in [1.54, 1.807) is 60.7 Å². The maximum absolute atomic E-state index is 12.7. The number of carbonyl (C=O) groups is 2. The van der Waals surface area contributed by atoms with Crippen molar-refractivity contribution in [2.75, 3.05) is 10.6 Å². The van der Waals surface area contributed by atoms with Crippen LogP contribution in [0.3, 0.4) is 0 Å². The van der Waals surface area contributed by atoms with Crippen molar-refractivity contribution in [3.05, 3.63) is 90.5 Å². The minimum absolute atomic E-state index is 0.253. The summed E-state index contributed by atoms with van der Waals surface area (Å²) in [5, 5.41) is 0. The topological polar surface area (TPSA) is 72.6 Å². The third-order valence-corrected chi connectivity index (χ3v) is 3.54. The lowest BCUT2D eigenvalue weighted by molar-refractivity contribution is 0.0638. The van der Waals surface area contributed by atoms with Gasteiger partial charge in [-0.3, -0.25) is 0 Å². The lowest BCUT2D eigenvalue weighted by Crippen LogP contribution is -2.29. The van der Waals surface area contributed by atoms with E-state index in [1.807, 2.05) is 12.1 Å². The molecule has 5 nitrogen and oxygen atoms in total. The van der Waals surface area contributed by atoms with Crippen molar-refractivity contribution >= 4 is 29.1 Å². The van der Waals surface area contributed by atoms with Crippen molar-refractivity contribution in [2.45, 2.75) is 0 Å². The van der Waals surface area contributed by atoms with E-state index in [1.165, 1.54) is 17.0 Å². The van der Waals surface area contributed by atoms with E-state index in [2.05, 4.69) is 0 Å². The summed E-state index contributed by atoms with van der Waals surface area (Å²) in [6, 6.07) is 24.2. The summed E-state index contributed by atoms with van der Waals surface area (Å²) in [6.07, 6.45) is -0.778. The number of para-hydroxylation sites is 2. The summed E-state index contributed by atoms with van der Waals surface area (Å²) < 4.78 is 5.05. The largest absolute Gasteiger partial charge is 0.426 e. The molecule has 3 aromatic carbocycles. The monoisotopic (exact) mass is 332 g/mol. The normalized spacial score (nSPS) is 10.1. The molecule has 0 radical (unpaired) electrons. The first-order valence-corrected chi connectivity index (χ1v) is 7.67.